The number of carboxylic acids is 3. The molecule has 31 heavy (non-hydrogen) atoms. The molecule has 0 aromatic rings. The molecule has 4 unspecified atom stereocenters. The van der Waals surface area contributed by atoms with Gasteiger partial charge in [-0.2, -0.15) is 12.6 Å². The lowest BCUT2D eigenvalue weighted by molar-refractivity contribution is -0.143. The van der Waals surface area contributed by atoms with Crippen molar-refractivity contribution in [2.45, 2.75) is 57.3 Å². The summed E-state index contributed by atoms with van der Waals surface area (Å²) in [5.74, 6) is -7.50. The number of carbonyl (C=O) groups excluding carboxylic acids is 3. The summed E-state index contributed by atoms with van der Waals surface area (Å²) < 4.78 is 0. The van der Waals surface area contributed by atoms with Gasteiger partial charge in [0.15, 0.2) is 0 Å². The van der Waals surface area contributed by atoms with E-state index in [1.54, 1.807) is 13.8 Å². The van der Waals surface area contributed by atoms with Gasteiger partial charge in [0, 0.05) is 12.2 Å². The van der Waals surface area contributed by atoms with E-state index in [4.69, 9.17) is 21.1 Å². The Morgan fingerprint density at radius 1 is 0.839 bits per heavy atom. The number of nitrogens with two attached hydrogens (primary N) is 1. The predicted molar refractivity (Wildman–Crippen MR) is 109 cm³/mol. The van der Waals surface area contributed by atoms with Crippen molar-refractivity contribution >= 4 is 48.3 Å². The number of aliphatic carboxylic acids is 3. The number of rotatable bonds is 14. The van der Waals surface area contributed by atoms with E-state index in [1.807, 2.05) is 0 Å². The molecule has 0 aromatic carbocycles. The highest BCUT2D eigenvalue weighted by Crippen LogP contribution is 2.06. The molecule has 0 bridgehead atoms. The number of carbonyl (C=O) groups is 6. The van der Waals surface area contributed by atoms with E-state index >= 15 is 0 Å². The standard InChI is InChI=1S/C17H28N4O9S/c1-7(2)13(21-14(26)8(18)3-4-11(22)23)16(28)19-9(5-12(24)25)15(27)20-10(6-31)17(29)30/h7-10,13,31H,3-6,18H2,1-2H3,(H,19,28)(H,20,27)(H,21,26)(H,22,23)(H,24,25)(H,29,30). The van der Waals surface area contributed by atoms with Gasteiger partial charge in [-0.1, -0.05) is 13.8 Å². The second kappa shape index (κ2) is 13.4. The van der Waals surface area contributed by atoms with Crippen LogP contribution >= 0.6 is 12.6 Å². The van der Waals surface area contributed by atoms with Gasteiger partial charge >= 0.3 is 17.9 Å². The van der Waals surface area contributed by atoms with Crippen molar-refractivity contribution in [1.29, 1.82) is 0 Å². The molecule has 0 fully saturated rings. The van der Waals surface area contributed by atoms with Crippen LogP contribution in [0.2, 0.25) is 0 Å². The average molecular weight is 464 g/mol. The van der Waals surface area contributed by atoms with Crippen LogP contribution in [0.3, 0.4) is 0 Å². The SMILES string of the molecule is CC(C)C(NC(=O)C(N)CCC(=O)O)C(=O)NC(CC(=O)O)C(=O)NC(CS)C(=O)O. The van der Waals surface area contributed by atoms with E-state index in [2.05, 4.69) is 28.6 Å². The molecule has 0 radical (unpaired) electrons. The highest BCUT2D eigenvalue weighted by Gasteiger charge is 2.32. The molecular weight excluding hydrogens is 436 g/mol. The van der Waals surface area contributed by atoms with Gasteiger partial charge in [0.05, 0.1) is 12.5 Å². The molecule has 0 aliphatic carbocycles. The number of hydrogen-bond donors (Lipinski definition) is 8. The Hall–Kier alpha value is -2.87. The fourth-order valence-electron chi connectivity index (χ4n) is 2.31. The molecule has 176 valence electrons. The lowest BCUT2D eigenvalue weighted by atomic mass is 10.0. The zero-order valence-corrected chi connectivity index (χ0v) is 17.9. The molecule has 4 atom stereocenters. The van der Waals surface area contributed by atoms with E-state index in [0.717, 1.165) is 0 Å². The molecular formula is C17H28N4O9S. The number of hydrogen-bond acceptors (Lipinski definition) is 8. The molecule has 13 nitrogen and oxygen atoms in total. The first-order valence-electron chi connectivity index (χ1n) is 9.24. The summed E-state index contributed by atoms with van der Waals surface area (Å²) >= 11 is 3.79. The lowest BCUT2D eigenvalue weighted by Crippen LogP contribution is -2.58. The summed E-state index contributed by atoms with van der Waals surface area (Å²) in [5.41, 5.74) is 5.62. The van der Waals surface area contributed by atoms with Crippen LogP contribution in [0.15, 0.2) is 0 Å². The second-order valence-corrected chi connectivity index (χ2v) is 7.38. The monoisotopic (exact) mass is 464 g/mol. The molecule has 14 heteroatoms. The molecule has 0 aromatic heterocycles. The molecule has 0 rings (SSSR count). The van der Waals surface area contributed by atoms with Crippen LogP contribution in [0.1, 0.15) is 33.1 Å². The lowest BCUT2D eigenvalue weighted by Gasteiger charge is -2.26. The molecule has 0 saturated carbocycles. The van der Waals surface area contributed by atoms with Crippen molar-refractivity contribution in [2.24, 2.45) is 11.7 Å². The maximum Gasteiger partial charge on any atom is 0.327 e. The Bertz CT molecular complexity index is 701. The van der Waals surface area contributed by atoms with Gasteiger partial charge in [-0.05, 0) is 12.3 Å². The highest BCUT2D eigenvalue weighted by molar-refractivity contribution is 7.80. The third-order valence-electron chi connectivity index (χ3n) is 4.06. The molecule has 0 heterocycles. The van der Waals surface area contributed by atoms with Crippen LogP contribution in [0.5, 0.6) is 0 Å². The quantitative estimate of drug-likeness (QED) is 0.129. The summed E-state index contributed by atoms with van der Waals surface area (Å²) in [6.07, 6.45) is -1.37. The van der Waals surface area contributed by atoms with Crippen LogP contribution in [0, 0.1) is 5.92 Å². The van der Waals surface area contributed by atoms with E-state index < -0.39 is 72.1 Å². The van der Waals surface area contributed by atoms with Crippen LogP contribution < -0.4 is 21.7 Å². The largest absolute Gasteiger partial charge is 0.481 e. The molecule has 0 spiro atoms. The Morgan fingerprint density at radius 2 is 1.39 bits per heavy atom. The number of amides is 3. The van der Waals surface area contributed by atoms with Crippen LogP contribution in [0.4, 0.5) is 0 Å². The first-order valence-corrected chi connectivity index (χ1v) is 9.87. The minimum Gasteiger partial charge on any atom is -0.481 e. The predicted octanol–water partition coefficient (Wildman–Crippen LogP) is -2.22. The average Bonchev–Trinajstić information content (AvgIpc) is 2.66. The molecule has 0 aliphatic heterocycles. The Morgan fingerprint density at radius 3 is 1.81 bits per heavy atom. The molecule has 3 amide bonds. The van der Waals surface area contributed by atoms with Crippen molar-refractivity contribution in [2.75, 3.05) is 5.75 Å². The fraction of sp³-hybridized carbons (Fsp3) is 0.647. The number of nitrogens with one attached hydrogen (secondary N) is 3. The third kappa shape index (κ3) is 10.6. The van der Waals surface area contributed by atoms with Gasteiger partial charge in [-0.15, -0.1) is 0 Å². The minimum absolute atomic E-state index is 0.169. The van der Waals surface area contributed by atoms with E-state index in [1.165, 1.54) is 0 Å². The van der Waals surface area contributed by atoms with Crippen LogP contribution in [-0.4, -0.2) is 80.9 Å². The molecule has 0 saturated heterocycles. The first-order chi connectivity index (χ1) is 14.3. The maximum absolute atomic E-state index is 12.6. The highest BCUT2D eigenvalue weighted by atomic mass is 32.1. The van der Waals surface area contributed by atoms with Crippen LogP contribution in [-0.2, 0) is 28.8 Å². The fourth-order valence-corrected chi connectivity index (χ4v) is 2.56. The van der Waals surface area contributed by atoms with Gasteiger partial charge in [-0.3, -0.25) is 24.0 Å². The van der Waals surface area contributed by atoms with E-state index in [0.29, 0.717) is 0 Å². The van der Waals surface area contributed by atoms with Gasteiger partial charge in [0.25, 0.3) is 0 Å². The summed E-state index contributed by atoms with van der Waals surface area (Å²) in [6, 6.07) is -5.44. The third-order valence-corrected chi connectivity index (χ3v) is 4.43. The Kier molecular flexibility index (Phi) is 12.2. The first kappa shape index (κ1) is 28.1. The number of thiol groups is 1. The Balaban J connectivity index is 5.33. The van der Waals surface area contributed by atoms with Crippen molar-refractivity contribution in [3.05, 3.63) is 0 Å². The van der Waals surface area contributed by atoms with Crippen molar-refractivity contribution in [1.82, 2.24) is 16.0 Å². The van der Waals surface area contributed by atoms with Gasteiger partial charge in [0.1, 0.15) is 18.1 Å². The smallest absolute Gasteiger partial charge is 0.327 e. The summed E-state index contributed by atoms with van der Waals surface area (Å²) in [7, 11) is 0. The van der Waals surface area contributed by atoms with E-state index in [9.17, 15) is 28.8 Å². The van der Waals surface area contributed by atoms with Gasteiger partial charge < -0.3 is 37.0 Å². The zero-order chi connectivity index (χ0) is 24.3. The number of carboxylic acid groups (broad SMARTS) is 3. The van der Waals surface area contributed by atoms with E-state index in [-0.39, 0.29) is 18.6 Å². The van der Waals surface area contributed by atoms with Crippen molar-refractivity contribution in [3.63, 3.8) is 0 Å². The van der Waals surface area contributed by atoms with Crippen molar-refractivity contribution in [3.8, 4) is 0 Å². The second-order valence-electron chi connectivity index (χ2n) is 7.01. The Labute approximate surface area is 183 Å². The topological polar surface area (TPSA) is 225 Å². The summed E-state index contributed by atoms with van der Waals surface area (Å²) in [4.78, 5) is 69.8. The van der Waals surface area contributed by atoms with Crippen LogP contribution in [0.25, 0.3) is 0 Å². The summed E-state index contributed by atoms with van der Waals surface area (Å²) in [5, 5.41) is 33.3. The minimum atomic E-state index is -1.62. The molecule has 8 N–H and O–H groups in total. The zero-order valence-electron chi connectivity index (χ0n) is 17.0. The van der Waals surface area contributed by atoms with Gasteiger partial charge in [0.2, 0.25) is 17.7 Å². The maximum atomic E-state index is 12.6. The molecule has 0 aliphatic rings. The normalized spacial score (nSPS) is 14.6. The van der Waals surface area contributed by atoms with Gasteiger partial charge in [-0.25, -0.2) is 4.79 Å². The van der Waals surface area contributed by atoms with Crippen molar-refractivity contribution < 1.29 is 44.1 Å². The summed E-state index contributed by atoms with van der Waals surface area (Å²) in [6.45, 7) is 3.14.